The fourth-order valence-corrected chi connectivity index (χ4v) is 1.11. The number of hydrogen-bond donors (Lipinski definition) is 0. The molecule has 0 saturated carbocycles. The molecule has 1 aromatic carbocycles. The molecular weight excluding hydrogens is 307 g/mol. The Morgan fingerprint density at radius 3 is 2.00 bits per heavy atom. The fraction of sp³-hybridized carbons (Fsp3) is 0. The average molecular weight is 311 g/mol. The number of rotatable bonds is 0. The van der Waals surface area contributed by atoms with E-state index in [1.807, 2.05) is 18.2 Å². The summed E-state index contributed by atoms with van der Waals surface area (Å²) in [5, 5.41) is 12.0. The van der Waals surface area contributed by atoms with Gasteiger partial charge in [0, 0.05) is 18.8 Å². The molecule has 1 aromatic rings. The first kappa shape index (κ1) is 9.85. The normalized spacial score (nSPS) is 7.60. The molecule has 2 nitrogen and oxygen atoms in total. The third-order valence-electron chi connectivity index (χ3n) is 0.824. The van der Waals surface area contributed by atoms with Crippen molar-refractivity contribution in [3.05, 3.63) is 32.3 Å². The van der Waals surface area contributed by atoms with Crippen molar-refractivity contribution in [3.63, 3.8) is 0 Å². The molecular formula is C6H4BrIN2. The molecule has 0 saturated heterocycles. The lowest BCUT2D eigenvalue weighted by Crippen LogP contribution is -1.68. The molecule has 0 heterocycles. The summed E-state index contributed by atoms with van der Waals surface area (Å²) in [6.45, 7) is 0. The zero-order valence-electron chi connectivity index (χ0n) is 4.96. The van der Waals surface area contributed by atoms with E-state index in [0.717, 1.165) is 0 Å². The summed E-state index contributed by atoms with van der Waals surface area (Å²) in [7, 11) is 0. The number of halogens is 2. The van der Waals surface area contributed by atoms with Gasteiger partial charge in [0.05, 0.1) is 0 Å². The monoisotopic (exact) mass is 310 g/mol. The Morgan fingerprint density at radius 1 is 1.20 bits per heavy atom. The molecule has 10 heavy (non-hydrogen) atoms. The molecule has 4 heteroatoms. The van der Waals surface area contributed by atoms with Gasteiger partial charge < -0.3 is 0 Å². The molecule has 0 N–H and O–H groups in total. The molecule has 0 fully saturated rings. The van der Waals surface area contributed by atoms with Crippen LogP contribution < -0.4 is 0 Å². The van der Waals surface area contributed by atoms with Crippen LogP contribution in [0.25, 0.3) is 0 Å². The highest BCUT2D eigenvalue weighted by atomic mass is 127. The van der Waals surface area contributed by atoms with E-state index in [0.29, 0.717) is 0 Å². The third-order valence-corrected chi connectivity index (χ3v) is 3.20. The molecule has 0 unspecified atom stereocenters. The van der Waals surface area contributed by atoms with E-state index in [2.05, 4.69) is 44.6 Å². The van der Waals surface area contributed by atoms with Gasteiger partial charge in [-0.1, -0.05) is 12.1 Å². The van der Waals surface area contributed by atoms with Crippen molar-refractivity contribution < 1.29 is 0 Å². The van der Waals surface area contributed by atoms with Crippen LogP contribution in [0.5, 0.6) is 0 Å². The van der Waals surface area contributed by atoms with Crippen LogP contribution in [0, 0.1) is 14.4 Å². The summed E-state index contributed by atoms with van der Waals surface area (Å²) < 4.78 is 2.42. The molecule has 0 spiro atoms. The maximum Gasteiger partial charge on any atom is 0.0308 e. The van der Waals surface area contributed by atoms with E-state index in [1.54, 1.807) is 0 Å². The van der Waals surface area contributed by atoms with Gasteiger partial charge in [0.15, 0.2) is 0 Å². The number of nitrogens with zero attached hydrogens (tertiary/aromatic N) is 2. The lowest BCUT2D eigenvalue weighted by molar-refractivity contribution is 1.15. The Balaban J connectivity index is 0.000000371. The number of benzene rings is 1. The van der Waals surface area contributed by atoms with Crippen molar-refractivity contribution in [2.45, 2.75) is 0 Å². The first-order chi connectivity index (χ1) is 4.80. The quantitative estimate of drug-likeness (QED) is 0.546. The minimum atomic E-state index is 1.17. The summed E-state index contributed by atoms with van der Waals surface area (Å²) in [4.78, 5) is 0. The fourth-order valence-electron chi connectivity index (χ4n) is 0.439. The zero-order chi connectivity index (χ0) is 7.98. The molecule has 52 valence electrons. The van der Waals surface area contributed by atoms with Crippen molar-refractivity contribution in [1.29, 1.82) is 10.8 Å². The van der Waals surface area contributed by atoms with E-state index >= 15 is 0 Å². The summed E-state index contributed by atoms with van der Waals surface area (Å²) in [6.07, 6.45) is 0. The number of hydrogen-bond acceptors (Lipinski definition) is 2. The van der Waals surface area contributed by atoms with Gasteiger partial charge in [-0.05, 0) is 50.7 Å². The van der Waals surface area contributed by atoms with E-state index in [4.69, 9.17) is 10.8 Å². The first-order valence-corrected chi connectivity index (χ1v) is 4.28. The van der Waals surface area contributed by atoms with Crippen molar-refractivity contribution in [1.82, 2.24) is 0 Å². The lowest BCUT2D eigenvalue weighted by Gasteiger charge is -1.89. The van der Waals surface area contributed by atoms with E-state index in [1.165, 1.54) is 8.04 Å². The van der Waals surface area contributed by atoms with Gasteiger partial charge >= 0.3 is 0 Å². The smallest absolute Gasteiger partial charge is 0.0308 e. The molecule has 0 bridgehead atoms. The van der Waals surface area contributed by atoms with Crippen LogP contribution >= 0.6 is 38.5 Å². The average Bonchev–Trinajstić information content (AvgIpc) is 2.00. The van der Waals surface area contributed by atoms with Crippen LogP contribution in [0.4, 0.5) is 0 Å². The van der Waals surface area contributed by atoms with Crippen LogP contribution in [0.3, 0.4) is 0 Å². The van der Waals surface area contributed by atoms with Gasteiger partial charge in [-0.2, -0.15) is 0 Å². The summed E-state index contributed by atoms with van der Waals surface area (Å²) >= 11 is 5.67. The first-order valence-electron chi connectivity index (χ1n) is 2.41. The predicted octanol–water partition coefficient (Wildman–Crippen LogP) is 3.08. The Morgan fingerprint density at radius 2 is 1.70 bits per heavy atom. The Hall–Kier alpha value is -0.150. The van der Waals surface area contributed by atoms with Crippen LogP contribution in [0.1, 0.15) is 0 Å². The molecule has 0 amide bonds. The minimum Gasteiger partial charge on any atom is -0.0611 e. The molecule has 0 atom stereocenters. The Labute approximate surface area is 81.3 Å². The molecule has 0 radical (unpaired) electrons. The largest absolute Gasteiger partial charge is 0.0611 e. The van der Waals surface area contributed by atoms with Gasteiger partial charge in [0.25, 0.3) is 0 Å². The summed E-state index contributed by atoms with van der Waals surface area (Å²) in [6, 6.07) is 8.12. The molecule has 1 rings (SSSR count). The standard InChI is InChI=1S/C6H4BrI.N2/c7-5-3-1-2-4-6(5)8;1-2/h1-4H;. The van der Waals surface area contributed by atoms with Crippen molar-refractivity contribution in [2.24, 2.45) is 0 Å². The highest BCUT2D eigenvalue weighted by Crippen LogP contribution is 2.16. The summed E-state index contributed by atoms with van der Waals surface area (Å²) in [5.41, 5.74) is 0. The topological polar surface area (TPSA) is 47.6 Å². The van der Waals surface area contributed by atoms with Gasteiger partial charge in [-0.15, -0.1) is 0 Å². The van der Waals surface area contributed by atoms with Gasteiger partial charge in [-0.25, -0.2) is 0 Å². The van der Waals surface area contributed by atoms with Crippen molar-refractivity contribution >= 4 is 38.5 Å². The molecule has 0 aromatic heterocycles. The molecule has 0 aliphatic heterocycles. The van der Waals surface area contributed by atoms with E-state index in [9.17, 15) is 0 Å². The second kappa shape index (κ2) is 5.62. The van der Waals surface area contributed by atoms with Crippen LogP contribution in [0.15, 0.2) is 28.7 Å². The zero-order valence-corrected chi connectivity index (χ0v) is 8.70. The second-order valence-electron chi connectivity index (χ2n) is 1.41. The van der Waals surface area contributed by atoms with Crippen molar-refractivity contribution in [2.75, 3.05) is 0 Å². The predicted molar refractivity (Wildman–Crippen MR) is 50.3 cm³/mol. The second-order valence-corrected chi connectivity index (χ2v) is 3.43. The van der Waals surface area contributed by atoms with Crippen LogP contribution in [0.2, 0.25) is 0 Å². The third kappa shape index (κ3) is 3.13. The van der Waals surface area contributed by atoms with Gasteiger partial charge in [0.1, 0.15) is 0 Å². The molecule has 0 aliphatic rings. The van der Waals surface area contributed by atoms with E-state index in [-0.39, 0.29) is 0 Å². The minimum absolute atomic E-state index is 1.17. The van der Waals surface area contributed by atoms with Crippen LogP contribution in [-0.4, -0.2) is 0 Å². The lowest BCUT2D eigenvalue weighted by atomic mass is 10.4. The maximum absolute atomic E-state index is 6.00. The van der Waals surface area contributed by atoms with E-state index < -0.39 is 0 Å². The highest BCUT2D eigenvalue weighted by molar-refractivity contribution is 14.1. The van der Waals surface area contributed by atoms with Gasteiger partial charge in [-0.3, -0.25) is 0 Å². The SMILES string of the molecule is Brc1ccccc1I.N#N. The Kier molecular flexibility index (Phi) is 5.54. The highest BCUT2D eigenvalue weighted by Gasteiger charge is 1.88. The maximum atomic E-state index is 6.00. The molecule has 0 aliphatic carbocycles. The Bertz CT molecular complexity index is 203. The van der Waals surface area contributed by atoms with Crippen molar-refractivity contribution in [3.8, 4) is 0 Å². The summed E-state index contributed by atoms with van der Waals surface area (Å²) in [5.74, 6) is 0. The van der Waals surface area contributed by atoms with Gasteiger partial charge in [0.2, 0.25) is 0 Å². The van der Waals surface area contributed by atoms with Crippen LogP contribution in [-0.2, 0) is 0 Å².